The van der Waals surface area contributed by atoms with Crippen LogP contribution >= 0.6 is 0 Å². The average Bonchev–Trinajstić information content (AvgIpc) is 3.51. The van der Waals surface area contributed by atoms with E-state index in [0.29, 0.717) is 25.0 Å². The number of nitrogens with zero attached hydrogens (tertiary/aromatic N) is 4. The van der Waals surface area contributed by atoms with Crippen molar-refractivity contribution in [3.63, 3.8) is 0 Å². The molecule has 1 saturated heterocycles. The smallest absolute Gasteiger partial charge is 0.397 e. The minimum atomic E-state index is -2.71. The van der Waals surface area contributed by atoms with Gasteiger partial charge in [0.25, 0.3) is 0 Å². The van der Waals surface area contributed by atoms with E-state index in [1.54, 1.807) is 0 Å². The molecule has 0 radical (unpaired) electrons. The second-order valence-corrected chi connectivity index (χ2v) is 10.8. The van der Waals surface area contributed by atoms with E-state index in [1.807, 2.05) is 19.1 Å². The van der Waals surface area contributed by atoms with Gasteiger partial charge in [-0.25, -0.2) is 28.5 Å². The summed E-state index contributed by atoms with van der Waals surface area (Å²) in [4.78, 5) is 57.2. The van der Waals surface area contributed by atoms with Gasteiger partial charge in [-0.05, 0) is 41.8 Å². The second kappa shape index (κ2) is 10.3. The normalized spacial score (nSPS) is 21.2. The molecule has 7 rings (SSSR count). The molecule has 0 saturated carbocycles. The van der Waals surface area contributed by atoms with Crippen LogP contribution in [-0.2, 0) is 51.2 Å². The van der Waals surface area contributed by atoms with Gasteiger partial charge in [0.15, 0.2) is 5.82 Å². The number of aromatic nitrogens is 2. The van der Waals surface area contributed by atoms with E-state index < -0.39 is 41.5 Å². The van der Waals surface area contributed by atoms with Crippen molar-refractivity contribution in [1.29, 1.82) is 0 Å². The molecule has 14 heteroatoms. The Hall–Kier alpha value is -5.08. The van der Waals surface area contributed by atoms with Gasteiger partial charge >= 0.3 is 35.7 Å². The quantitative estimate of drug-likeness (QED) is 0.434. The molecule has 13 nitrogen and oxygen atoms in total. The first-order valence-electron chi connectivity index (χ1n) is 13.9. The first kappa shape index (κ1) is 27.7. The largest absolute Gasteiger partial charge is 0.444 e. The maximum absolute atomic E-state index is 14.0. The van der Waals surface area contributed by atoms with Gasteiger partial charge in [0.2, 0.25) is 0 Å². The van der Waals surface area contributed by atoms with Crippen LogP contribution in [0.2, 0.25) is 0 Å². The number of aryl methyl sites for hydroxylation is 1. The van der Waals surface area contributed by atoms with E-state index >= 15 is 0 Å². The van der Waals surface area contributed by atoms with Gasteiger partial charge in [-0.15, -0.1) is 0 Å². The summed E-state index contributed by atoms with van der Waals surface area (Å²) >= 11 is 0. The minimum Gasteiger partial charge on any atom is -0.397 e. The zero-order valence-corrected chi connectivity index (χ0v) is 23.4. The van der Waals surface area contributed by atoms with Crippen LogP contribution in [0.5, 0.6) is 0 Å². The van der Waals surface area contributed by atoms with Crippen molar-refractivity contribution < 1.29 is 42.5 Å². The third-order valence-corrected chi connectivity index (χ3v) is 8.16. The lowest BCUT2D eigenvalue weighted by Gasteiger charge is -2.55. The highest BCUT2D eigenvalue weighted by atomic mass is 19.1. The molecule has 1 fully saturated rings. The standard InChI is InChI=1S/C30H26FN5O8/c1-18-3-2-4-19-16-34(17-22(18)19)11-12-35-13-14-36(28-21-6-5-20(31)15-23(21)32-33-28)30(43-26(39)9-10-27(40)44-30)29(35)41-24(37)7-8-25(38)42-29/h2-10,15H,11-14,16-17H2,1H3,(H,32,33). The molecule has 2 spiro atoms. The van der Waals surface area contributed by atoms with Crippen molar-refractivity contribution in [2.75, 3.05) is 31.1 Å². The highest BCUT2D eigenvalue weighted by molar-refractivity contribution is 5.96. The first-order chi connectivity index (χ1) is 21.2. The van der Waals surface area contributed by atoms with Crippen LogP contribution in [0.1, 0.15) is 16.7 Å². The molecule has 4 aliphatic rings. The number of rotatable bonds is 4. The Kier molecular flexibility index (Phi) is 6.48. The summed E-state index contributed by atoms with van der Waals surface area (Å²) in [6, 6.07) is 9.97. The first-order valence-corrected chi connectivity index (χ1v) is 13.9. The summed E-state index contributed by atoms with van der Waals surface area (Å²) in [5.74, 6) is -9.89. The Morgan fingerprint density at radius 1 is 0.841 bits per heavy atom. The summed E-state index contributed by atoms with van der Waals surface area (Å²) in [7, 11) is 0. The molecule has 44 heavy (non-hydrogen) atoms. The van der Waals surface area contributed by atoms with Crippen molar-refractivity contribution in [3.05, 3.63) is 83.2 Å². The number of hydrogen-bond donors (Lipinski definition) is 1. The molecular weight excluding hydrogens is 577 g/mol. The van der Waals surface area contributed by atoms with E-state index in [1.165, 1.54) is 44.7 Å². The number of aromatic amines is 1. The van der Waals surface area contributed by atoms with E-state index in [-0.39, 0.29) is 31.0 Å². The monoisotopic (exact) mass is 603 g/mol. The van der Waals surface area contributed by atoms with Gasteiger partial charge in [0.1, 0.15) is 5.82 Å². The van der Waals surface area contributed by atoms with Gasteiger partial charge in [-0.3, -0.25) is 14.9 Å². The number of carbonyl (C=O) groups is 4. The van der Waals surface area contributed by atoms with E-state index in [0.717, 1.165) is 24.3 Å². The number of esters is 4. The van der Waals surface area contributed by atoms with E-state index in [4.69, 9.17) is 18.9 Å². The fraction of sp³-hybridized carbons (Fsp3) is 0.300. The molecule has 4 aliphatic heterocycles. The molecule has 1 N–H and O–H groups in total. The van der Waals surface area contributed by atoms with E-state index in [9.17, 15) is 23.6 Å². The lowest BCUT2D eigenvalue weighted by atomic mass is 10.1. The topological polar surface area (TPSA) is 144 Å². The number of hydrogen-bond acceptors (Lipinski definition) is 12. The number of carbonyl (C=O) groups excluding carboxylic acids is 4. The second-order valence-electron chi connectivity index (χ2n) is 10.8. The average molecular weight is 604 g/mol. The molecule has 0 aliphatic carbocycles. The number of nitrogens with one attached hydrogen (secondary N) is 1. The van der Waals surface area contributed by atoms with Crippen molar-refractivity contribution in [2.24, 2.45) is 0 Å². The van der Waals surface area contributed by atoms with Gasteiger partial charge in [-0.1, -0.05) is 18.2 Å². The molecule has 0 amide bonds. The Balaban J connectivity index is 1.33. The summed E-state index contributed by atoms with van der Waals surface area (Å²) in [5.41, 5.74) is 3.87. The number of H-pyrrole nitrogens is 1. The van der Waals surface area contributed by atoms with Crippen LogP contribution < -0.4 is 4.90 Å². The van der Waals surface area contributed by atoms with Gasteiger partial charge in [0, 0.05) is 69.0 Å². The van der Waals surface area contributed by atoms with Crippen LogP contribution in [0.15, 0.2) is 60.7 Å². The number of halogens is 1. The minimum absolute atomic E-state index is 0.0124. The maximum atomic E-state index is 14.0. The van der Waals surface area contributed by atoms with Crippen LogP contribution in [0.3, 0.4) is 0 Å². The lowest BCUT2D eigenvalue weighted by Crippen LogP contribution is -2.81. The number of fused-ring (bicyclic) bond motifs is 3. The Morgan fingerprint density at radius 2 is 1.50 bits per heavy atom. The Bertz CT molecular complexity index is 1740. The van der Waals surface area contributed by atoms with Crippen LogP contribution in [0.4, 0.5) is 10.2 Å². The molecule has 226 valence electrons. The molecule has 0 atom stereocenters. The van der Waals surface area contributed by atoms with Gasteiger partial charge in [0.05, 0.1) is 5.52 Å². The zero-order chi connectivity index (χ0) is 30.6. The fourth-order valence-corrected chi connectivity index (χ4v) is 6.14. The van der Waals surface area contributed by atoms with Crippen molar-refractivity contribution in [3.8, 4) is 0 Å². The SMILES string of the molecule is Cc1cccc2c1CN(CCN1CCN(c3n[nH]c4cc(F)ccc34)C3(OC(=O)C=CC(=O)O3)C13OC(=O)C=CC(=O)O3)C2. The van der Waals surface area contributed by atoms with Gasteiger partial charge in [-0.2, -0.15) is 5.10 Å². The van der Waals surface area contributed by atoms with Crippen LogP contribution in [-0.4, -0.2) is 81.9 Å². The van der Waals surface area contributed by atoms with Gasteiger partial charge < -0.3 is 18.9 Å². The lowest BCUT2D eigenvalue weighted by molar-refractivity contribution is -0.416. The molecule has 0 bridgehead atoms. The number of anilines is 1. The highest BCUT2D eigenvalue weighted by Crippen LogP contribution is 2.47. The van der Waals surface area contributed by atoms with Crippen molar-refractivity contribution in [2.45, 2.75) is 31.8 Å². The van der Waals surface area contributed by atoms with Crippen LogP contribution in [0, 0.1) is 12.7 Å². The predicted molar refractivity (Wildman–Crippen MR) is 148 cm³/mol. The highest BCUT2D eigenvalue weighted by Gasteiger charge is 2.75. The third kappa shape index (κ3) is 4.41. The Labute approximate surface area is 249 Å². The molecule has 3 aromatic rings. The number of ether oxygens (including phenoxy) is 4. The summed E-state index contributed by atoms with van der Waals surface area (Å²) in [6.45, 7) is 4.00. The summed E-state index contributed by atoms with van der Waals surface area (Å²) in [6.07, 6.45) is 3.44. The third-order valence-electron chi connectivity index (χ3n) is 8.16. The van der Waals surface area contributed by atoms with Crippen LogP contribution in [0.25, 0.3) is 10.9 Å². The molecule has 5 heterocycles. The maximum Gasteiger partial charge on any atom is 0.444 e. The Morgan fingerprint density at radius 3 is 2.16 bits per heavy atom. The zero-order valence-electron chi connectivity index (χ0n) is 23.4. The molecular formula is C30H26FN5O8. The summed E-state index contributed by atoms with van der Waals surface area (Å²) in [5, 5.41) is 7.39. The fourth-order valence-electron chi connectivity index (χ4n) is 6.14. The number of piperazine rings is 1. The molecule has 0 unspecified atom stereocenters. The van der Waals surface area contributed by atoms with E-state index in [2.05, 4.69) is 21.2 Å². The predicted octanol–water partition coefficient (Wildman–Crippen LogP) is 1.77. The van der Waals surface area contributed by atoms with Crippen molar-refractivity contribution in [1.82, 2.24) is 20.0 Å². The molecule has 1 aromatic heterocycles. The number of benzene rings is 2. The summed E-state index contributed by atoms with van der Waals surface area (Å²) < 4.78 is 37.4. The van der Waals surface area contributed by atoms with Crippen molar-refractivity contribution >= 4 is 40.6 Å². The molecule has 2 aromatic carbocycles.